The molecular formula is C16H26N6O5. The van der Waals surface area contributed by atoms with Gasteiger partial charge in [0.05, 0.1) is 18.8 Å². The maximum Gasteiger partial charge on any atom is 0.326 e. The third kappa shape index (κ3) is 7.05. The molecule has 0 aliphatic carbocycles. The number of hydrogen-bond acceptors (Lipinski definition) is 6. The second kappa shape index (κ2) is 10.3. The topological polar surface area (TPSA) is 193 Å². The third-order valence-electron chi connectivity index (χ3n) is 4.14. The number of carbonyl (C=O) groups excluding carboxylic acids is 3. The van der Waals surface area contributed by atoms with Crippen molar-refractivity contribution in [3.05, 3.63) is 18.2 Å². The number of hydrogen-bond donors (Lipinski definition) is 6. The molecule has 0 saturated carbocycles. The Balaban J connectivity index is 2.81. The molecule has 0 aliphatic rings. The number of aromatic amines is 1. The minimum atomic E-state index is -1.47. The molecule has 11 nitrogen and oxygen atoms in total. The Kier molecular flexibility index (Phi) is 8.39. The largest absolute Gasteiger partial charge is 0.480 e. The smallest absolute Gasteiger partial charge is 0.326 e. The number of primary amides is 1. The summed E-state index contributed by atoms with van der Waals surface area (Å²) in [5.74, 6) is -3.84. The summed E-state index contributed by atoms with van der Waals surface area (Å²) < 4.78 is 0. The molecule has 0 radical (unpaired) electrons. The second-order valence-electron chi connectivity index (χ2n) is 6.33. The quantitative estimate of drug-likeness (QED) is 0.261. The van der Waals surface area contributed by atoms with E-state index in [9.17, 15) is 19.2 Å². The van der Waals surface area contributed by atoms with Crippen LogP contribution in [-0.4, -0.2) is 56.9 Å². The summed E-state index contributed by atoms with van der Waals surface area (Å²) in [6.07, 6.45) is 3.18. The van der Waals surface area contributed by atoms with Crippen molar-refractivity contribution in [1.29, 1.82) is 0 Å². The fraction of sp³-hybridized carbons (Fsp3) is 0.562. The first-order valence-electron chi connectivity index (χ1n) is 8.50. The van der Waals surface area contributed by atoms with E-state index in [1.165, 1.54) is 12.5 Å². The van der Waals surface area contributed by atoms with E-state index in [-0.39, 0.29) is 12.3 Å². The van der Waals surface area contributed by atoms with Gasteiger partial charge in [-0.1, -0.05) is 20.3 Å². The molecule has 11 heteroatoms. The number of nitrogens with zero attached hydrogens (tertiary/aromatic N) is 1. The highest BCUT2D eigenvalue weighted by Crippen LogP contribution is 2.10. The van der Waals surface area contributed by atoms with E-state index in [1.54, 1.807) is 6.92 Å². The molecular weight excluding hydrogens is 356 g/mol. The number of aromatic nitrogens is 2. The van der Waals surface area contributed by atoms with E-state index in [1.807, 2.05) is 6.92 Å². The van der Waals surface area contributed by atoms with Crippen molar-refractivity contribution in [2.24, 2.45) is 17.4 Å². The monoisotopic (exact) mass is 382 g/mol. The normalized spacial score (nSPS) is 15.2. The number of imidazole rings is 1. The average Bonchev–Trinajstić information content (AvgIpc) is 3.10. The van der Waals surface area contributed by atoms with Gasteiger partial charge in [0, 0.05) is 18.3 Å². The molecule has 0 aliphatic heterocycles. The summed E-state index contributed by atoms with van der Waals surface area (Å²) >= 11 is 0. The molecule has 1 aromatic rings. The van der Waals surface area contributed by atoms with Gasteiger partial charge in [0.25, 0.3) is 0 Å². The number of carboxylic acids is 1. The Labute approximate surface area is 156 Å². The van der Waals surface area contributed by atoms with Crippen LogP contribution in [0.4, 0.5) is 0 Å². The molecule has 150 valence electrons. The van der Waals surface area contributed by atoms with Crippen molar-refractivity contribution in [3.63, 3.8) is 0 Å². The van der Waals surface area contributed by atoms with E-state index in [0.717, 1.165) is 0 Å². The van der Waals surface area contributed by atoms with Crippen LogP contribution >= 0.6 is 0 Å². The van der Waals surface area contributed by atoms with Gasteiger partial charge in [-0.3, -0.25) is 14.4 Å². The van der Waals surface area contributed by atoms with E-state index in [0.29, 0.717) is 12.1 Å². The third-order valence-corrected chi connectivity index (χ3v) is 4.14. The molecule has 0 fully saturated rings. The van der Waals surface area contributed by atoms with Crippen LogP contribution in [0.25, 0.3) is 0 Å². The van der Waals surface area contributed by atoms with Gasteiger partial charge in [0.15, 0.2) is 0 Å². The van der Waals surface area contributed by atoms with Gasteiger partial charge >= 0.3 is 5.97 Å². The summed E-state index contributed by atoms with van der Waals surface area (Å²) in [5, 5.41) is 13.9. The molecule has 0 saturated heterocycles. The van der Waals surface area contributed by atoms with Crippen LogP contribution in [0.2, 0.25) is 0 Å². The van der Waals surface area contributed by atoms with Crippen LogP contribution in [0.15, 0.2) is 12.5 Å². The zero-order valence-electron chi connectivity index (χ0n) is 15.3. The van der Waals surface area contributed by atoms with Crippen molar-refractivity contribution in [1.82, 2.24) is 20.6 Å². The molecule has 0 spiro atoms. The van der Waals surface area contributed by atoms with Gasteiger partial charge < -0.3 is 32.2 Å². The first kappa shape index (κ1) is 22.1. The summed E-state index contributed by atoms with van der Waals surface area (Å²) in [4.78, 5) is 53.7. The van der Waals surface area contributed by atoms with E-state index in [4.69, 9.17) is 16.6 Å². The van der Waals surface area contributed by atoms with Crippen LogP contribution in [0.3, 0.4) is 0 Å². The first-order chi connectivity index (χ1) is 12.6. The van der Waals surface area contributed by atoms with Gasteiger partial charge in [-0.2, -0.15) is 0 Å². The standard InChI is InChI=1S/C16H26N6O5/c1-3-8(2)13(15(25)21-11(16(26)27)5-12(18)23)22-14(24)10(17)4-9-6-19-7-20-9/h6-8,10-11,13H,3-5,17H2,1-2H3,(H2,18,23)(H,19,20)(H,21,25)(H,22,24)(H,26,27)/t8-,10-,11-,13-/m0/s1. The molecule has 8 N–H and O–H groups in total. The Morgan fingerprint density at radius 3 is 2.41 bits per heavy atom. The lowest BCUT2D eigenvalue weighted by Crippen LogP contribution is -2.57. The zero-order chi connectivity index (χ0) is 20.6. The average molecular weight is 382 g/mol. The van der Waals surface area contributed by atoms with Crippen molar-refractivity contribution in [2.75, 3.05) is 0 Å². The molecule has 0 unspecified atom stereocenters. The molecule has 1 aromatic heterocycles. The van der Waals surface area contributed by atoms with Crippen molar-refractivity contribution in [2.45, 2.75) is 51.2 Å². The predicted octanol–water partition coefficient (Wildman–Crippen LogP) is -1.74. The lowest BCUT2D eigenvalue weighted by Gasteiger charge is -2.26. The maximum absolute atomic E-state index is 12.5. The Bertz CT molecular complexity index is 662. The number of nitrogens with one attached hydrogen (secondary N) is 3. The van der Waals surface area contributed by atoms with Crippen LogP contribution in [0.5, 0.6) is 0 Å². The molecule has 1 rings (SSSR count). The van der Waals surface area contributed by atoms with Gasteiger partial charge in [-0.05, 0) is 5.92 Å². The highest BCUT2D eigenvalue weighted by molar-refractivity contribution is 5.93. The lowest BCUT2D eigenvalue weighted by molar-refractivity contribution is -0.144. The predicted molar refractivity (Wildman–Crippen MR) is 95.0 cm³/mol. The molecule has 3 amide bonds. The summed E-state index contributed by atoms with van der Waals surface area (Å²) in [7, 11) is 0. The SMILES string of the molecule is CC[C@H](C)[C@H](NC(=O)[C@@H](N)Cc1cnc[nH]1)C(=O)N[C@@H](CC(N)=O)C(=O)O. The number of amides is 3. The fourth-order valence-electron chi connectivity index (χ4n) is 2.35. The van der Waals surface area contributed by atoms with E-state index < -0.39 is 48.2 Å². The Morgan fingerprint density at radius 1 is 1.26 bits per heavy atom. The Hall–Kier alpha value is -2.95. The maximum atomic E-state index is 12.5. The lowest BCUT2D eigenvalue weighted by atomic mass is 9.97. The zero-order valence-corrected chi connectivity index (χ0v) is 15.3. The number of rotatable bonds is 11. The fourth-order valence-corrected chi connectivity index (χ4v) is 2.35. The highest BCUT2D eigenvalue weighted by Gasteiger charge is 2.31. The summed E-state index contributed by atoms with van der Waals surface area (Å²) in [5.41, 5.74) is 11.5. The van der Waals surface area contributed by atoms with Crippen LogP contribution < -0.4 is 22.1 Å². The molecule has 0 bridgehead atoms. The highest BCUT2D eigenvalue weighted by atomic mass is 16.4. The van der Waals surface area contributed by atoms with Crippen LogP contribution in [0.1, 0.15) is 32.4 Å². The van der Waals surface area contributed by atoms with Crippen LogP contribution in [-0.2, 0) is 25.6 Å². The van der Waals surface area contributed by atoms with E-state index >= 15 is 0 Å². The second-order valence-corrected chi connectivity index (χ2v) is 6.33. The number of carbonyl (C=O) groups is 4. The van der Waals surface area contributed by atoms with Crippen molar-refractivity contribution in [3.8, 4) is 0 Å². The van der Waals surface area contributed by atoms with Gasteiger partial charge in [-0.25, -0.2) is 9.78 Å². The van der Waals surface area contributed by atoms with Gasteiger partial charge in [0.2, 0.25) is 17.7 Å². The molecule has 4 atom stereocenters. The van der Waals surface area contributed by atoms with Crippen molar-refractivity contribution < 1.29 is 24.3 Å². The van der Waals surface area contributed by atoms with Crippen molar-refractivity contribution >= 4 is 23.7 Å². The minimum absolute atomic E-state index is 0.195. The number of aliphatic carboxylic acids is 1. The first-order valence-corrected chi connectivity index (χ1v) is 8.50. The molecule has 0 aromatic carbocycles. The minimum Gasteiger partial charge on any atom is -0.480 e. The molecule has 27 heavy (non-hydrogen) atoms. The molecule has 1 heterocycles. The summed E-state index contributed by atoms with van der Waals surface area (Å²) in [6.45, 7) is 3.55. The number of carboxylic acid groups (broad SMARTS) is 1. The number of H-pyrrole nitrogens is 1. The Morgan fingerprint density at radius 2 is 1.93 bits per heavy atom. The number of nitrogens with two attached hydrogens (primary N) is 2. The van der Waals surface area contributed by atoms with E-state index in [2.05, 4.69) is 20.6 Å². The van der Waals surface area contributed by atoms with Gasteiger partial charge in [0.1, 0.15) is 12.1 Å². The summed E-state index contributed by atoms with van der Waals surface area (Å²) in [6, 6.07) is -3.41. The van der Waals surface area contributed by atoms with Gasteiger partial charge in [-0.15, -0.1) is 0 Å². The van der Waals surface area contributed by atoms with Crippen LogP contribution in [0, 0.1) is 5.92 Å².